The summed E-state index contributed by atoms with van der Waals surface area (Å²) >= 11 is 6.54. The van der Waals surface area contributed by atoms with Crippen molar-refractivity contribution in [3.8, 4) is 28.6 Å². The predicted octanol–water partition coefficient (Wildman–Crippen LogP) is 5.54. The zero-order valence-corrected chi connectivity index (χ0v) is 17.4. The minimum Gasteiger partial charge on any atom is -0.358 e. The monoisotopic (exact) mass is 391 g/mol. The van der Waals surface area contributed by atoms with Gasteiger partial charge in [0.05, 0.1) is 11.3 Å². The molecule has 2 aromatic heterocycles. The molecule has 0 fully saturated rings. The van der Waals surface area contributed by atoms with E-state index in [0.717, 1.165) is 16.7 Å². The van der Waals surface area contributed by atoms with Crippen LogP contribution >= 0.6 is 11.6 Å². The van der Waals surface area contributed by atoms with E-state index >= 15 is 0 Å². The van der Waals surface area contributed by atoms with Gasteiger partial charge in [0.2, 0.25) is 0 Å². The largest absolute Gasteiger partial charge is 0.358 e. The molecule has 142 valence electrons. The molecule has 1 aromatic carbocycles. The summed E-state index contributed by atoms with van der Waals surface area (Å²) in [7, 11) is 0. The Labute approximate surface area is 169 Å². The number of nitriles is 1. The molecule has 0 atom stereocenters. The zero-order valence-electron chi connectivity index (χ0n) is 16.6. The second kappa shape index (κ2) is 7.26. The van der Waals surface area contributed by atoms with Crippen molar-refractivity contribution < 1.29 is 0 Å². The molecule has 0 aliphatic rings. The Morgan fingerprint density at radius 1 is 1.14 bits per heavy atom. The number of benzene rings is 1. The highest BCUT2D eigenvalue weighted by molar-refractivity contribution is 6.31. The SMILES string of the molecule is Cc1cc(C(C)(C)C)c(Cl)cc1-c1cc(=O)c(-c2cccc(C#N)n2)c(C)[nH]1. The van der Waals surface area contributed by atoms with Crippen LogP contribution in [0.1, 0.15) is 43.3 Å². The van der Waals surface area contributed by atoms with Crippen molar-refractivity contribution in [1.29, 1.82) is 5.26 Å². The highest BCUT2D eigenvalue weighted by atomic mass is 35.5. The van der Waals surface area contributed by atoms with Crippen LogP contribution in [0.2, 0.25) is 5.02 Å². The highest BCUT2D eigenvalue weighted by Crippen LogP contribution is 2.35. The van der Waals surface area contributed by atoms with E-state index in [1.807, 2.05) is 26.0 Å². The number of halogens is 1. The first-order chi connectivity index (χ1) is 13.1. The Morgan fingerprint density at radius 2 is 1.86 bits per heavy atom. The van der Waals surface area contributed by atoms with E-state index in [0.29, 0.717) is 27.7 Å². The molecule has 28 heavy (non-hydrogen) atoms. The quantitative estimate of drug-likeness (QED) is 0.623. The molecular weight excluding hydrogens is 370 g/mol. The molecule has 1 N–H and O–H groups in total. The molecule has 0 aliphatic carbocycles. The van der Waals surface area contributed by atoms with Crippen LogP contribution in [0.4, 0.5) is 0 Å². The zero-order chi connectivity index (χ0) is 20.6. The van der Waals surface area contributed by atoms with Gasteiger partial charge in [-0.25, -0.2) is 4.98 Å². The summed E-state index contributed by atoms with van der Waals surface area (Å²) in [6, 6.07) is 12.6. The number of nitrogens with zero attached hydrogens (tertiary/aromatic N) is 2. The standard InChI is InChI=1S/C23H22ClN3O/c1-13-9-17(23(3,4)5)18(24)10-16(13)20-11-21(28)22(14(2)26-20)19-8-6-7-15(12-25)27-19/h6-11H,1-5H3,(H,26,28). The van der Waals surface area contributed by atoms with E-state index in [1.54, 1.807) is 24.3 Å². The second-order valence-electron chi connectivity index (χ2n) is 7.96. The number of nitrogens with one attached hydrogen (secondary N) is 1. The summed E-state index contributed by atoms with van der Waals surface area (Å²) in [6.07, 6.45) is 0. The van der Waals surface area contributed by atoms with Gasteiger partial charge in [-0.05, 0) is 48.6 Å². The van der Waals surface area contributed by atoms with Gasteiger partial charge in [0.25, 0.3) is 0 Å². The summed E-state index contributed by atoms with van der Waals surface area (Å²) < 4.78 is 0. The Morgan fingerprint density at radius 3 is 2.46 bits per heavy atom. The van der Waals surface area contributed by atoms with Gasteiger partial charge >= 0.3 is 0 Å². The molecule has 5 heteroatoms. The van der Waals surface area contributed by atoms with Crippen molar-refractivity contribution in [2.75, 3.05) is 0 Å². The molecule has 0 saturated heterocycles. The average molecular weight is 392 g/mol. The highest BCUT2D eigenvalue weighted by Gasteiger charge is 2.20. The molecule has 0 spiro atoms. The van der Waals surface area contributed by atoms with Crippen LogP contribution in [0, 0.1) is 25.2 Å². The third-order valence-corrected chi connectivity index (χ3v) is 5.06. The first kappa shape index (κ1) is 19.9. The second-order valence-corrected chi connectivity index (χ2v) is 8.37. The van der Waals surface area contributed by atoms with Gasteiger partial charge in [0.1, 0.15) is 11.8 Å². The van der Waals surface area contributed by atoms with E-state index in [-0.39, 0.29) is 16.5 Å². The molecule has 0 bridgehead atoms. The summed E-state index contributed by atoms with van der Waals surface area (Å²) in [5.74, 6) is 0. The molecule has 0 unspecified atom stereocenters. The Kier molecular flexibility index (Phi) is 5.14. The summed E-state index contributed by atoms with van der Waals surface area (Å²) in [5.41, 5.74) is 5.44. The number of hydrogen-bond acceptors (Lipinski definition) is 3. The van der Waals surface area contributed by atoms with E-state index in [4.69, 9.17) is 16.9 Å². The fourth-order valence-electron chi connectivity index (χ4n) is 3.33. The smallest absolute Gasteiger partial charge is 0.191 e. The minimum atomic E-state index is -0.149. The lowest BCUT2D eigenvalue weighted by atomic mass is 9.85. The molecular formula is C23H22ClN3O. The van der Waals surface area contributed by atoms with Gasteiger partial charge in [-0.1, -0.05) is 44.5 Å². The normalized spacial score (nSPS) is 11.3. The first-order valence-electron chi connectivity index (χ1n) is 9.04. The van der Waals surface area contributed by atoms with Gasteiger partial charge < -0.3 is 4.98 Å². The number of hydrogen-bond donors (Lipinski definition) is 1. The van der Waals surface area contributed by atoms with Crippen molar-refractivity contribution in [2.24, 2.45) is 0 Å². The van der Waals surface area contributed by atoms with Crippen LogP contribution in [0.25, 0.3) is 22.5 Å². The summed E-state index contributed by atoms with van der Waals surface area (Å²) in [4.78, 5) is 20.4. The maximum atomic E-state index is 12.9. The number of aromatic amines is 1. The van der Waals surface area contributed by atoms with Gasteiger partial charge in [0.15, 0.2) is 5.43 Å². The lowest BCUT2D eigenvalue weighted by molar-refractivity contribution is 0.590. The van der Waals surface area contributed by atoms with Gasteiger partial charge in [0, 0.05) is 28.0 Å². The Balaban J connectivity index is 2.15. The number of aryl methyl sites for hydroxylation is 2. The number of aromatic nitrogens is 2. The molecule has 0 radical (unpaired) electrons. The molecule has 4 nitrogen and oxygen atoms in total. The van der Waals surface area contributed by atoms with Crippen LogP contribution in [0.5, 0.6) is 0 Å². The number of H-pyrrole nitrogens is 1. The lowest BCUT2D eigenvalue weighted by Crippen LogP contribution is -2.13. The topological polar surface area (TPSA) is 69.5 Å². The van der Waals surface area contributed by atoms with E-state index in [9.17, 15) is 4.79 Å². The molecule has 3 aromatic rings. The molecule has 0 aliphatic heterocycles. The van der Waals surface area contributed by atoms with E-state index < -0.39 is 0 Å². The fourth-order valence-corrected chi connectivity index (χ4v) is 3.78. The van der Waals surface area contributed by atoms with Crippen LogP contribution in [-0.2, 0) is 5.41 Å². The van der Waals surface area contributed by atoms with Gasteiger partial charge in [-0.3, -0.25) is 4.79 Å². The van der Waals surface area contributed by atoms with E-state index in [2.05, 4.69) is 36.8 Å². The molecule has 0 amide bonds. The maximum absolute atomic E-state index is 12.9. The van der Waals surface area contributed by atoms with Crippen LogP contribution in [0.3, 0.4) is 0 Å². The lowest BCUT2D eigenvalue weighted by Gasteiger charge is -2.22. The van der Waals surface area contributed by atoms with Crippen LogP contribution in [-0.4, -0.2) is 9.97 Å². The molecule has 0 saturated carbocycles. The van der Waals surface area contributed by atoms with Crippen LogP contribution < -0.4 is 5.43 Å². The van der Waals surface area contributed by atoms with Gasteiger partial charge in [-0.2, -0.15) is 5.26 Å². The Bertz CT molecular complexity index is 1160. The van der Waals surface area contributed by atoms with Crippen molar-refractivity contribution in [3.05, 3.63) is 74.2 Å². The average Bonchev–Trinajstić information content (AvgIpc) is 2.62. The molecule has 2 heterocycles. The fraction of sp³-hybridized carbons (Fsp3) is 0.261. The third kappa shape index (κ3) is 3.72. The maximum Gasteiger partial charge on any atom is 0.191 e. The summed E-state index contributed by atoms with van der Waals surface area (Å²) in [6.45, 7) is 10.2. The Hall–Kier alpha value is -2.90. The van der Waals surface area contributed by atoms with Crippen molar-refractivity contribution >= 4 is 11.6 Å². The first-order valence-corrected chi connectivity index (χ1v) is 9.42. The predicted molar refractivity (Wildman–Crippen MR) is 114 cm³/mol. The molecule has 3 rings (SSSR count). The summed E-state index contributed by atoms with van der Waals surface area (Å²) in [5, 5.41) is 9.75. The van der Waals surface area contributed by atoms with Crippen molar-refractivity contribution in [1.82, 2.24) is 9.97 Å². The van der Waals surface area contributed by atoms with Crippen LogP contribution in [0.15, 0.2) is 41.2 Å². The van der Waals surface area contributed by atoms with E-state index in [1.165, 1.54) is 0 Å². The number of pyridine rings is 2. The minimum absolute atomic E-state index is 0.0645. The third-order valence-electron chi connectivity index (χ3n) is 4.75. The van der Waals surface area contributed by atoms with Crippen molar-refractivity contribution in [2.45, 2.75) is 40.0 Å². The van der Waals surface area contributed by atoms with Gasteiger partial charge in [-0.15, -0.1) is 0 Å². The number of rotatable bonds is 2. The van der Waals surface area contributed by atoms with Crippen molar-refractivity contribution in [3.63, 3.8) is 0 Å².